The number of hydrogen-bond acceptors (Lipinski definition) is 7. The van der Waals surface area contributed by atoms with Crippen molar-refractivity contribution in [2.75, 3.05) is 18.9 Å². The van der Waals surface area contributed by atoms with Crippen molar-refractivity contribution in [1.29, 1.82) is 0 Å². The fourth-order valence-corrected chi connectivity index (χ4v) is 4.28. The molecule has 170 valence electrons. The maximum Gasteiger partial charge on any atom is 0.297 e. The Kier molecular flexibility index (Phi) is 6.33. The van der Waals surface area contributed by atoms with Gasteiger partial charge in [0.1, 0.15) is 17.9 Å². The molecule has 4 aromatic rings. The summed E-state index contributed by atoms with van der Waals surface area (Å²) in [6, 6.07) is 24.4. The van der Waals surface area contributed by atoms with Crippen LogP contribution in [0.3, 0.4) is 0 Å². The van der Waals surface area contributed by atoms with Crippen molar-refractivity contribution >= 4 is 26.7 Å². The quantitative estimate of drug-likeness (QED) is 0.299. The molecule has 0 spiro atoms. The summed E-state index contributed by atoms with van der Waals surface area (Å²) < 4.78 is 36.3. The Balaban J connectivity index is 1.62. The highest BCUT2D eigenvalue weighted by atomic mass is 32.2. The smallest absolute Gasteiger partial charge is 0.297 e. The van der Waals surface area contributed by atoms with Crippen molar-refractivity contribution in [3.63, 3.8) is 0 Å². The Morgan fingerprint density at radius 3 is 2.36 bits per heavy atom. The van der Waals surface area contributed by atoms with E-state index in [-0.39, 0.29) is 11.5 Å². The monoisotopic (exact) mass is 464 g/mol. The molecule has 0 radical (unpaired) electrons. The molecule has 1 unspecified atom stereocenters. The molecule has 0 aliphatic heterocycles. The third-order valence-electron chi connectivity index (χ3n) is 5.13. The number of ether oxygens (including phenoxy) is 1. The van der Waals surface area contributed by atoms with E-state index in [4.69, 9.17) is 19.6 Å². The molecule has 0 saturated carbocycles. The number of nitrogens with two attached hydrogens (primary N) is 1. The van der Waals surface area contributed by atoms with Crippen molar-refractivity contribution < 1.29 is 22.4 Å². The molecule has 8 heteroatoms. The molecule has 0 saturated heterocycles. The maximum atomic E-state index is 12.5. The number of aliphatic hydroxyl groups excluding tert-OH is 1. The average molecular weight is 465 g/mol. The van der Waals surface area contributed by atoms with Crippen LogP contribution in [0.1, 0.15) is 6.92 Å². The fourth-order valence-electron chi connectivity index (χ4n) is 3.25. The van der Waals surface area contributed by atoms with E-state index in [2.05, 4.69) is 0 Å². The number of nitrogens with zero attached hydrogens (tertiary/aromatic N) is 1. The van der Waals surface area contributed by atoms with Crippen molar-refractivity contribution in [2.45, 2.75) is 17.4 Å². The maximum absolute atomic E-state index is 12.5. The fraction of sp³-hybridized carbons (Fsp3) is 0.160. The minimum Gasteiger partial charge on any atom is -0.480 e. The molecule has 3 N–H and O–H groups in total. The number of hydrogen-bond donors (Lipinski definition) is 2. The Hall–Kier alpha value is -3.46. The summed E-state index contributed by atoms with van der Waals surface area (Å²) in [5, 5.41) is 10.9. The average Bonchev–Trinajstić information content (AvgIpc) is 2.84. The van der Waals surface area contributed by atoms with Gasteiger partial charge < -0.3 is 15.6 Å². The number of benzene rings is 3. The molecular weight excluding hydrogens is 440 g/mol. The van der Waals surface area contributed by atoms with Crippen molar-refractivity contribution in [3.05, 3.63) is 84.9 Å². The van der Waals surface area contributed by atoms with Crippen LogP contribution in [-0.2, 0) is 14.3 Å². The number of anilines is 1. The minimum atomic E-state index is -4.00. The van der Waals surface area contributed by atoms with Crippen LogP contribution in [0.25, 0.3) is 22.2 Å². The molecule has 33 heavy (non-hydrogen) atoms. The summed E-state index contributed by atoms with van der Waals surface area (Å²) in [6.07, 6.45) is 0. The Bertz CT molecular complexity index is 1360. The summed E-state index contributed by atoms with van der Waals surface area (Å²) in [5.74, 6) is 0.405. The zero-order chi connectivity index (χ0) is 23.5. The lowest BCUT2D eigenvalue weighted by Gasteiger charge is -2.28. The number of aromatic nitrogens is 1. The van der Waals surface area contributed by atoms with Crippen LogP contribution in [-0.4, -0.2) is 37.3 Å². The number of nitrogen functional groups attached to an aromatic ring is 1. The summed E-state index contributed by atoms with van der Waals surface area (Å²) in [4.78, 5) is 4.78. The Labute approximate surface area is 192 Å². The molecule has 3 aromatic carbocycles. The minimum absolute atomic E-state index is 0.0326. The predicted molar refractivity (Wildman–Crippen MR) is 127 cm³/mol. The van der Waals surface area contributed by atoms with Crippen LogP contribution in [0.4, 0.5) is 5.69 Å². The third kappa shape index (κ3) is 5.14. The number of fused-ring (bicyclic) bond motifs is 1. The number of aliphatic hydroxyl groups is 1. The Morgan fingerprint density at radius 2 is 1.67 bits per heavy atom. The molecule has 7 nitrogen and oxygen atoms in total. The van der Waals surface area contributed by atoms with Gasteiger partial charge in [-0.25, -0.2) is 4.98 Å². The van der Waals surface area contributed by atoms with Gasteiger partial charge in [-0.15, -0.1) is 0 Å². The molecule has 4 rings (SSSR count). The number of para-hydroxylation sites is 1. The van der Waals surface area contributed by atoms with Crippen LogP contribution < -0.4 is 10.5 Å². The van der Waals surface area contributed by atoms with E-state index in [1.165, 1.54) is 12.1 Å². The van der Waals surface area contributed by atoms with Gasteiger partial charge >= 0.3 is 0 Å². The van der Waals surface area contributed by atoms with Gasteiger partial charge in [-0.2, -0.15) is 8.42 Å². The van der Waals surface area contributed by atoms with Crippen LogP contribution in [0.5, 0.6) is 5.75 Å². The highest BCUT2D eigenvalue weighted by Crippen LogP contribution is 2.30. The normalized spacial score (nSPS) is 13.5. The first-order chi connectivity index (χ1) is 15.8. The summed E-state index contributed by atoms with van der Waals surface area (Å²) in [6.45, 7) is 0.732. The highest BCUT2D eigenvalue weighted by Gasteiger charge is 2.30. The molecule has 0 aliphatic carbocycles. The molecule has 1 heterocycles. The number of rotatable bonds is 8. The zero-order valence-electron chi connectivity index (χ0n) is 18.0. The summed E-state index contributed by atoms with van der Waals surface area (Å²) in [7, 11) is -4.00. The SMILES string of the molecule is CC(CO)(COS(=O)(=O)c1ccccc1)Oc1cccc2ccc(-c3ccc(N)cc3)nc12. The molecule has 0 fully saturated rings. The van der Waals surface area contributed by atoms with Crippen LogP contribution in [0.15, 0.2) is 89.8 Å². The Morgan fingerprint density at radius 1 is 0.939 bits per heavy atom. The third-order valence-corrected chi connectivity index (χ3v) is 6.41. The van der Waals surface area contributed by atoms with E-state index in [0.717, 1.165) is 16.6 Å². The molecule has 0 aliphatic rings. The van der Waals surface area contributed by atoms with Gasteiger partial charge in [0.05, 0.1) is 17.2 Å². The van der Waals surface area contributed by atoms with E-state index >= 15 is 0 Å². The standard InChI is InChI=1S/C25H24N2O5S/c1-25(16-28,17-31-33(29,30)21-7-3-2-4-8-21)32-23-9-5-6-19-12-15-22(27-24(19)23)18-10-13-20(26)14-11-18/h2-15,28H,16-17,26H2,1H3. The van der Waals surface area contributed by atoms with Crippen molar-refractivity contribution in [1.82, 2.24) is 4.98 Å². The van der Waals surface area contributed by atoms with Crippen molar-refractivity contribution in [3.8, 4) is 17.0 Å². The van der Waals surface area contributed by atoms with E-state index in [1.807, 2.05) is 36.4 Å². The lowest BCUT2D eigenvalue weighted by Crippen LogP contribution is -2.42. The second-order valence-electron chi connectivity index (χ2n) is 7.89. The molecule has 1 aromatic heterocycles. The van der Waals surface area contributed by atoms with E-state index in [0.29, 0.717) is 17.0 Å². The highest BCUT2D eigenvalue weighted by molar-refractivity contribution is 7.86. The van der Waals surface area contributed by atoms with Crippen LogP contribution in [0, 0.1) is 0 Å². The first-order valence-corrected chi connectivity index (χ1v) is 11.7. The first-order valence-electron chi connectivity index (χ1n) is 10.3. The van der Waals surface area contributed by atoms with Crippen molar-refractivity contribution in [2.24, 2.45) is 0 Å². The lowest BCUT2D eigenvalue weighted by atomic mass is 10.1. The summed E-state index contributed by atoms with van der Waals surface area (Å²) in [5.41, 5.74) is 7.32. The molecule has 0 amide bonds. The lowest BCUT2D eigenvalue weighted by molar-refractivity contribution is -0.00896. The second-order valence-corrected chi connectivity index (χ2v) is 9.50. The van der Waals surface area contributed by atoms with Gasteiger partial charge in [0, 0.05) is 16.6 Å². The molecule has 1 atom stereocenters. The van der Waals surface area contributed by atoms with E-state index in [1.54, 1.807) is 43.3 Å². The van der Waals surface area contributed by atoms with E-state index in [9.17, 15) is 13.5 Å². The first kappa shape index (κ1) is 22.7. The van der Waals surface area contributed by atoms with Gasteiger partial charge in [-0.1, -0.05) is 48.5 Å². The van der Waals surface area contributed by atoms with Gasteiger partial charge in [0.15, 0.2) is 5.60 Å². The molecular formula is C25H24N2O5S. The second kappa shape index (κ2) is 9.19. The van der Waals surface area contributed by atoms with Crippen LogP contribution >= 0.6 is 0 Å². The predicted octanol–water partition coefficient (Wildman–Crippen LogP) is 4.02. The number of pyridine rings is 1. The van der Waals surface area contributed by atoms with Gasteiger partial charge in [0.25, 0.3) is 10.1 Å². The van der Waals surface area contributed by atoms with Gasteiger partial charge in [0.2, 0.25) is 0 Å². The van der Waals surface area contributed by atoms with Gasteiger partial charge in [-0.05, 0) is 43.3 Å². The molecule has 0 bridgehead atoms. The van der Waals surface area contributed by atoms with Gasteiger partial charge in [-0.3, -0.25) is 4.18 Å². The largest absolute Gasteiger partial charge is 0.480 e. The van der Waals surface area contributed by atoms with Crippen LogP contribution in [0.2, 0.25) is 0 Å². The topological polar surface area (TPSA) is 112 Å². The summed E-state index contributed by atoms with van der Waals surface area (Å²) >= 11 is 0. The zero-order valence-corrected chi connectivity index (χ0v) is 18.8. The van der Waals surface area contributed by atoms with E-state index < -0.39 is 22.3 Å².